The molecule has 1 unspecified atom stereocenters. The second-order valence-electron chi connectivity index (χ2n) is 9.99. The predicted octanol–water partition coefficient (Wildman–Crippen LogP) is 6.93. The van der Waals surface area contributed by atoms with Gasteiger partial charge in [-0.25, -0.2) is 4.99 Å². The molecule has 3 aromatic rings. The van der Waals surface area contributed by atoms with Crippen LogP contribution in [0.25, 0.3) is 0 Å². The number of aliphatic imine (C=N–C) groups is 1. The molecule has 2 aromatic carbocycles. The first-order valence-corrected chi connectivity index (χ1v) is 12.9. The first-order chi connectivity index (χ1) is 17.3. The van der Waals surface area contributed by atoms with Gasteiger partial charge in [-0.05, 0) is 60.4 Å². The Morgan fingerprint density at radius 2 is 1.75 bits per heavy atom. The summed E-state index contributed by atoms with van der Waals surface area (Å²) in [6.07, 6.45) is 4.62. The second kappa shape index (κ2) is 10.7. The molecule has 6 nitrogen and oxygen atoms in total. The molecular formula is C29H34N2O4S. The van der Waals surface area contributed by atoms with Gasteiger partial charge in [-0.15, -0.1) is 11.3 Å². The normalized spacial score (nSPS) is 15.4. The molecule has 1 aromatic heterocycles. The summed E-state index contributed by atoms with van der Waals surface area (Å²) in [5.74, 6) is 2.25. The van der Waals surface area contributed by atoms with E-state index < -0.39 is 0 Å². The zero-order valence-electron chi connectivity index (χ0n) is 21.8. The van der Waals surface area contributed by atoms with Crippen LogP contribution in [-0.4, -0.2) is 33.5 Å². The number of methoxy groups -OCH3 is 3. The monoisotopic (exact) mass is 506 g/mol. The summed E-state index contributed by atoms with van der Waals surface area (Å²) in [7, 11) is 4.82. The summed E-state index contributed by atoms with van der Waals surface area (Å²) in [5.41, 5.74) is 3.38. The highest BCUT2D eigenvalue weighted by Gasteiger charge is 2.34. The molecule has 0 radical (unpaired) electrons. The third kappa shape index (κ3) is 5.26. The molecule has 190 valence electrons. The molecule has 7 heteroatoms. The number of amides is 1. The standard InChI is InChI=1S/C29H34N2O4S/c1-29(2,3)19-14-15-20-24(16-19)36-28(30-17-18-10-9-13-23(34-5)26(18)35-6)25(20)27(32)31-21-11-7-8-12-22(21)33-4/h7-13,17,19H,14-16H2,1-6H3,(H,31,32). The SMILES string of the molecule is COc1ccccc1NC(=O)c1c(N=Cc2cccc(OC)c2OC)sc2c1CCC(C(C)(C)C)C2. The average Bonchev–Trinajstić information content (AvgIpc) is 3.24. The molecule has 0 fully saturated rings. The fourth-order valence-electron chi connectivity index (χ4n) is 4.71. The van der Waals surface area contributed by atoms with E-state index in [2.05, 4.69) is 26.1 Å². The van der Waals surface area contributed by atoms with Gasteiger partial charge >= 0.3 is 0 Å². The minimum absolute atomic E-state index is 0.170. The van der Waals surface area contributed by atoms with Gasteiger partial charge < -0.3 is 19.5 Å². The topological polar surface area (TPSA) is 69.2 Å². The van der Waals surface area contributed by atoms with Crippen LogP contribution in [-0.2, 0) is 12.8 Å². The molecule has 1 amide bonds. The van der Waals surface area contributed by atoms with E-state index >= 15 is 0 Å². The van der Waals surface area contributed by atoms with Gasteiger partial charge in [0.1, 0.15) is 10.8 Å². The number of ether oxygens (including phenoxy) is 3. The summed E-state index contributed by atoms with van der Waals surface area (Å²) in [4.78, 5) is 19.7. The van der Waals surface area contributed by atoms with E-state index in [1.807, 2.05) is 42.5 Å². The number of thiophene rings is 1. The molecule has 0 saturated carbocycles. The summed E-state index contributed by atoms with van der Waals surface area (Å²) >= 11 is 1.61. The first kappa shape index (κ1) is 25.8. The lowest BCUT2D eigenvalue weighted by atomic mass is 9.72. The number of hydrogen-bond acceptors (Lipinski definition) is 6. The number of rotatable bonds is 7. The Morgan fingerprint density at radius 1 is 1.03 bits per heavy atom. The van der Waals surface area contributed by atoms with E-state index in [0.29, 0.717) is 39.4 Å². The van der Waals surface area contributed by atoms with Gasteiger partial charge in [-0.1, -0.05) is 39.0 Å². The summed E-state index contributed by atoms with van der Waals surface area (Å²) in [5, 5.41) is 3.76. The number of para-hydroxylation sites is 3. The number of hydrogen-bond donors (Lipinski definition) is 1. The highest BCUT2D eigenvalue weighted by molar-refractivity contribution is 7.16. The van der Waals surface area contributed by atoms with E-state index in [1.54, 1.807) is 38.9 Å². The summed E-state index contributed by atoms with van der Waals surface area (Å²) < 4.78 is 16.4. The van der Waals surface area contributed by atoms with Gasteiger partial charge in [0.05, 0.1) is 32.6 Å². The summed E-state index contributed by atoms with van der Waals surface area (Å²) in [6, 6.07) is 13.1. The van der Waals surface area contributed by atoms with Crippen molar-refractivity contribution in [3.05, 3.63) is 64.0 Å². The van der Waals surface area contributed by atoms with Crippen molar-refractivity contribution in [1.82, 2.24) is 0 Å². The van der Waals surface area contributed by atoms with Crippen LogP contribution >= 0.6 is 11.3 Å². The number of carbonyl (C=O) groups is 1. The fourth-order valence-corrected chi connectivity index (χ4v) is 5.98. The van der Waals surface area contributed by atoms with Crippen molar-refractivity contribution >= 4 is 34.1 Å². The molecule has 0 aliphatic heterocycles. The van der Waals surface area contributed by atoms with Crippen LogP contribution < -0.4 is 19.5 Å². The van der Waals surface area contributed by atoms with Crippen molar-refractivity contribution in [1.29, 1.82) is 0 Å². The molecule has 0 spiro atoms. The Hall–Kier alpha value is -3.32. The van der Waals surface area contributed by atoms with Gasteiger partial charge in [0.25, 0.3) is 5.91 Å². The maximum Gasteiger partial charge on any atom is 0.259 e. The van der Waals surface area contributed by atoms with Crippen LogP contribution in [0.4, 0.5) is 10.7 Å². The summed E-state index contributed by atoms with van der Waals surface area (Å²) in [6.45, 7) is 6.87. The molecule has 0 saturated heterocycles. The number of anilines is 1. The highest BCUT2D eigenvalue weighted by Crippen LogP contribution is 2.45. The van der Waals surface area contributed by atoms with Crippen LogP contribution in [0.15, 0.2) is 47.5 Å². The first-order valence-electron chi connectivity index (χ1n) is 12.1. The number of carbonyl (C=O) groups excluding carboxylic acids is 1. The Morgan fingerprint density at radius 3 is 2.44 bits per heavy atom. The fraction of sp³-hybridized carbons (Fsp3) is 0.379. The smallest absolute Gasteiger partial charge is 0.259 e. The van der Waals surface area contributed by atoms with Crippen molar-refractivity contribution in [2.75, 3.05) is 26.6 Å². The minimum Gasteiger partial charge on any atom is -0.495 e. The Kier molecular flexibility index (Phi) is 7.69. The number of nitrogens with zero attached hydrogens (tertiary/aromatic N) is 1. The van der Waals surface area contributed by atoms with Crippen molar-refractivity contribution in [3.8, 4) is 17.2 Å². The molecule has 1 aliphatic rings. The minimum atomic E-state index is -0.170. The van der Waals surface area contributed by atoms with E-state index in [1.165, 1.54) is 4.88 Å². The van der Waals surface area contributed by atoms with Crippen LogP contribution in [0.2, 0.25) is 0 Å². The third-order valence-electron chi connectivity index (χ3n) is 6.81. The van der Waals surface area contributed by atoms with E-state index in [-0.39, 0.29) is 11.3 Å². The second-order valence-corrected chi connectivity index (χ2v) is 11.1. The lowest BCUT2D eigenvalue weighted by Crippen LogP contribution is -2.27. The molecule has 4 rings (SSSR count). The van der Waals surface area contributed by atoms with Gasteiger partial charge in [0.15, 0.2) is 11.5 Å². The lowest BCUT2D eigenvalue weighted by molar-refractivity contribution is 0.102. The average molecular weight is 507 g/mol. The van der Waals surface area contributed by atoms with E-state index in [9.17, 15) is 4.79 Å². The molecular weight excluding hydrogens is 472 g/mol. The molecule has 1 aliphatic carbocycles. The van der Waals surface area contributed by atoms with Crippen molar-refractivity contribution in [2.24, 2.45) is 16.3 Å². The quantitative estimate of drug-likeness (QED) is 0.353. The van der Waals surface area contributed by atoms with Crippen LogP contribution in [0, 0.1) is 11.3 Å². The van der Waals surface area contributed by atoms with Gasteiger partial charge in [0.2, 0.25) is 0 Å². The van der Waals surface area contributed by atoms with Gasteiger partial charge in [-0.2, -0.15) is 0 Å². The third-order valence-corrected chi connectivity index (χ3v) is 7.97. The molecule has 1 heterocycles. The van der Waals surface area contributed by atoms with E-state index in [0.717, 1.165) is 30.4 Å². The zero-order chi connectivity index (χ0) is 25.9. The Bertz CT molecular complexity index is 1270. The maximum atomic E-state index is 13.7. The van der Waals surface area contributed by atoms with Crippen LogP contribution in [0.3, 0.4) is 0 Å². The van der Waals surface area contributed by atoms with Crippen molar-refractivity contribution in [3.63, 3.8) is 0 Å². The highest BCUT2D eigenvalue weighted by atomic mass is 32.1. The Labute approximate surface area is 217 Å². The zero-order valence-corrected chi connectivity index (χ0v) is 22.6. The molecule has 0 bridgehead atoms. The van der Waals surface area contributed by atoms with Crippen LogP contribution in [0.5, 0.6) is 17.2 Å². The Balaban J connectivity index is 1.75. The van der Waals surface area contributed by atoms with Crippen molar-refractivity contribution < 1.29 is 19.0 Å². The number of fused-ring (bicyclic) bond motifs is 1. The van der Waals surface area contributed by atoms with Gasteiger partial charge in [-0.3, -0.25) is 4.79 Å². The molecule has 1 atom stereocenters. The number of nitrogens with one attached hydrogen (secondary N) is 1. The van der Waals surface area contributed by atoms with Gasteiger partial charge in [0, 0.05) is 16.7 Å². The molecule has 36 heavy (non-hydrogen) atoms. The predicted molar refractivity (Wildman–Crippen MR) is 147 cm³/mol. The number of benzene rings is 2. The van der Waals surface area contributed by atoms with E-state index in [4.69, 9.17) is 19.2 Å². The lowest BCUT2D eigenvalue weighted by Gasteiger charge is -2.33. The van der Waals surface area contributed by atoms with Crippen molar-refractivity contribution in [2.45, 2.75) is 40.0 Å². The molecule has 1 N–H and O–H groups in total. The van der Waals surface area contributed by atoms with Crippen LogP contribution in [0.1, 0.15) is 53.6 Å². The maximum absolute atomic E-state index is 13.7. The largest absolute Gasteiger partial charge is 0.495 e.